The van der Waals surface area contributed by atoms with Gasteiger partial charge in [0.15, 0.2) is 6.61 Å². The number of amides is 1. The molecule has 1 aliphatic heterocycles. The lowest BCUT2D eigenvalue weighted by Crippen LogP contribution is -2.57. The molecule has 2 N–H and O–H groups in total. The van der Waals surface area contributed by atoms with Gasteiger partial charge in [0.1, 0.15) is 11.4 Å². The van der Waals surface area contributed by atoms with Crippen LogP contribution in [0.15, 0.2) is 36.0 Å². The van der Waals surface area contributed by atoms with Crippen LogP contribution < -0.4 is 10.2 Å². The van der Waals surface area contributed by atoms with Crippen LogP contribution in [0.4, 0.5) is 23.2 Å². The first-order valence-electron chi connectivity index (χ1n) is 6.67. The predicted molar refractivity (Wildman–Crippen MR) is 73.4 cm³/mol. The molecule has 1 aromatic rings. The summed E-state index contributed by atoms with van der Waals surface area (Å²) < 4.78 is 56.1. The highest BCUT2D eigenvalue weighted by molar-refractivity contribution is 5.78. The zero-order valence-corrected chi connectivity index (χ0v) is 12.3. The predicted octanol–water partition coefficient (Wildman–Crippen LogP) is 1.77. The number of non-ortho nitro benzene ring substituents is 1. The number of nitro benzene ring substituents is 1. The standard InChI is InChI=1S/C13H11F4N3O5/c14-11(15)9-5-13(22,12(16)17)19(18-9)10(21)6-25-8-3-1-7(2-4-8)20(23)24/h1-4,12,18,22H,5-6H2. The normalized spacial score (nSPS) is 19.8. The minimum atomic E-state index is -3.51. The molecule has 2 rings (SSSR count). The third-order valence-electron chi connectivity index (χ3n) is 3.31. The van der Waals surface area contributed by atoms with Crippen molar-refractivity contribution in [1.29, 1.82) is 0 Å². The molecule has 0 radical (unpaired) electrons. The Kier molecular flexibility index (Phi) is 5.11. The first kappa shape index (κ1) is 18.4. The Morgan fingerprint density at radius 1 is 1.40 bits per heavy atom. The van der Waals surface area contributed by atoms with E-state index in [9.17, 15) is 37.6 Å². The van der Waals surface area contributed by atoms with E-state index in [0.717, 1.165) is 24.3 Å². The molecule has 0 spiro atoms. The third kappa shape index (κ3) is 3.79. The number of hydrogen-bond acceptors (Lipinski definition) is 6. The number of carbonyl (C=O) groups excluding carboxylic acids is 1. The first-order chi connectivity index (χ1) is 11.6. The first-order valence-corrected chi connectivity index (χ1v) is 6.67. The summed E-state index contributed by atoms with van der Waals surface area (Å²) in [7, 11) is 0. The Morgan fingerprint density at radius 3 is 2.48 bits per heavy atom. The number of halogens is 4. The van der Waals surface area contributed by atoms with Crippen LogP contribution in [0.2, 0.25) is 0 Å². The summed E-state index contributed by atoms with van der Waals surface area (Å²) in [5.74, 6) is -1.23. The molecular weight excluding hydrogens is 354 g/mol. The van der Waals surface area contributed by atoms with Crippen molar-refractivity contribution < 1.29 is 37.1 Å². The number of carbonyl (C=O) groups is 1. The van der Waals surface area contributed by atoms with Gasteiger partial charge < -0.3 is 9.84 Å². The maximum atomic E-state index is 13.0. The monoisotopic (exact) mass is 365 g/mol. The van der Waals surface area contributed by atoms with Crippen molar-refractivity contribution >= 4 is 11.6 Å². The van der Waals surface area contributed by atoms with Gasteiger partial charge in [-0.25, -0.2) is 13.8 Å². The molecule has 1 saturated heterocycles. The van der Waals surface area contributed by atoms with E-state index in [-0.39, 0.29) is 16.4 Å². The van der Waals surface area contributed by atoms with Gasteiger partial charge >= 0.3 is 0 Å². The summed E-state index contributed by atoms with van der Waals surface area (Å²) >= 11 is 0. The molecule has 25 heavy (non-hydrogen) atoms. The highest BCUT2D eigenvalue weighted by atomic mass is 19.3. The summed E-state index contributed by atoms with van der Waals surface area (Å²) in [6, 6.07) is 4.49. The van der Waals surface area contributed by atoms with E-state index in [4.69, 9.17) is 4.74 Å². The van der Waals surface area contributed by atoms with Crippen molar-refractivity contribution in [3.63, 3.8) is 0 Å². The quantitative estimate of drug-likeness (QED) is 0.468. The lowest BCUT2D eigenvalue weighted by molar-refractivity contribution is -0.384. The van der Waals surface area contributed by atoms with Gasteiger partial charge in [-0.1, -0.05) is 0 Å². The Balaban J connectivity index is 2.08. The van der Waals surface area contributed by atoms with Crippen LogP contribution in [0.1, 0.15) is 6.42 Å². The zero-order valence-electron chi connectivity index (χ0n) is 12.3. The summed E-state index contributed by atoms with van der Waals surface area (Å²) in [5, 5.41) is 20.3. The van der Waals surface area contributed by atoms with Crippen LogP contribution in [-0.2, 0) is 4.79 Å². The van der Waals surface area contributed by atoms with Crippen LogP contribution >= 0.6 is 0 Å². The average molecular weight is 365 g/mol. The number of benzene rings is 1. The summed E-state index contributed by atoms with van der Waals surface area (Å²) in [5.41, 5.74) is -2.65. The van der Waals surface area contributed by atoms with E-state index >= 15 is 0 Å². The number of hydrazine groups is 1. The topological polar surface area (TPSA) is 105 Å². The van der Waals surface area contributed by atoms with E-state index in [1.54, 1.807) is 5.43 Å². The molecule has 1 aromatic carbocycles. The SMILES string of the molecule is O=C(COc1ccc([N+](=O)[O-])cc1)N1NC(=C(F)F)CC1(O)C(F)F. The molecule has 0 aromatic heterocycles. The molecule has 1 heterocycles. The highest BCUT2D eigenvalue weighted by Crippen LogP contribution is 2.34. The van der Waals surface area contributed by atoms with Gasteiger partial charge in [-0.2, -0.15) is 8.78 Å². The largest absolute Gasteiger partial charge is 0.484 e. The number of aliphatic hydroxyl groups is 1. The van der Waals surface area contributed by atoms with E-state index < -0.39 is 47.8 Å². The Hall–Kier alpha value is -2.89. The molecule has 1 amide bonds. The summed E-state index contributed by atoms with van der Waals surface area (Å²) in [6.07, 6.45) is -7.03. The molecule has 0 aliphatic carbocycles. The van der Waals surface area contributed by atoms with E-state index in [0.29, 0.717) is 0 Å². The molecule has 1 unspecified atom stereocenters. The molecule has 1 atom stereocenters. The minimum Gasteiger partial charge on any atom is -0.484 e. The van der Waals surface area contributed by atoms with E-state index in [2.05, 4.69) is 0 Å². The zero-order chi connectivity index (χ0) is 18.8. The molecular formula is C13H11F4N3O5. The van der Waals surface area contributed by atoms with Crippen molar-refractivity contribution in [2.45, 2.75) is 18.6 Å². The van der Waals surface area contributed by atoms with Gasteiger partial charge in [-0.15, -0.1) is 0 Å². The lowest BCUT2D eigenvalue weighted by Gasteiger charge is -2.30. The molecule has 1 aliphatic rings. The Morgan fingerprint density at radius 2 is 2.00 bits per heavy atom. The van der Waals surface area contributed by atoms with Gasteiger partial charge in [0.25, 0.3) is 24.1 Å². The maximum absolute atomic E-state index is 13.0. The maximum Gasteiger partial charge on any atom is 0.291 e. The Labute approximate surface area is 137 Å². The lowest BCUT2D eigenvalue weighted by atomic mass is 10.1. The van der Waals surface area contributed by atoms with Crippen LogP contribution in [0, 0.1) is 10.1 Å². The van der Waals surface area contributed by atoms with Crippen molar-refractivity contribution in [1.82, 2.24) is 10.4 Å². The van der Waals surface area contributed by atoms with E-state index in [1.165, 1.54) is 0 Å². The summed E-state index contributed by atoms with van der Waals surface area (Å²) in [4.78, 5) is 21.8. The van der Waals surface area contributed by atoms with Gasteiger partial charge in [-0.05, 0) is 12.1 Å². The molecule has 136 valence electrons. The second kappa shape index (κ2) is 6.93. The number of nitrogens with one attached hydrogen (secondary N) is 1. The molecule has 12 heteroatoms. The number of hydrogen-bond donors (Lipinski definition) is 2. The van der Waals surface area contributed by atoms with Crippen LogP contribution in [0.3, 0.4) is 0 Å². The summed E-state index contributed by atoms with van der Waals surface area (Å²) in [6.45, 7) is -0.874. The van der Waals surface area contributed by atoms with Crippen molar-refractivity contribution in [2.24, 2.45) is 0 Å². The average Bonchev–Trinajstić information content (AvgIpc) is 2.92. The van der Waals surface area contributed by atoms with Gasteiger partial charge in [0.05, 0.1) is 11.3 Å². The fourth-order valence-electron chi connectivity index (χ4n) is 2.05. The smallest absolute Gasteiger partial charge is 0.291 e. The van der Waals surface area contributed by atoms with Crippen LogP contribution in [0.5, 0.6) is 5.75 Å². The second-order valence-corrected chi connectivity index (χ2v) is 4.98. The van der Waals surface area contributed by atoms with Crippen molar-refractivity contribution in [3.05, 3.63) is 46.2 Å². The molecule has 8 nitrogen and oxygen atoms in total. The van der Waals surface area contributed by atoms with Gasteiger partial charge in [0.2, 0.25) is 5.72 Å². The number of alkyl halides is 2. The number of nitrogens with zero attached hydrogens (tertiary/aromatic N) is 2. The number of rotatable bonds is 5. The fraction of sp³-hybridized carbons (Fsp3) is 0.308. The third-order valence-corrected chi connectivity index (χ3v) is 3.31. The number of ether oxygens (including phenoxy) is 1. The second-order valence-electron chi connectivity index (χ2n) is 4.98. The molecule has 0 saturated carbocycles. The van der Waals surface area contributed by atoms with Crippen LogP contribution in [0.25, 0.3) is 0 Å². The Bertz CT molecular complexity index is 708. The minimum absolute atomic E-state index is 0.00571. The molecule has 0 bridgehead atoms. The van der Waals surface area contributed by atoms with Gasteiger partial charge in [0, 0.05) is 12.1 Å². The molecule has 1 fully saturated rings. The fourth-order valence-corrected chi connectivity index (χ4v) is 2.05. The number of nitro groups is 1. The van der Waals surface area contributed by atoms with Crippen molar-refractivity contribution in [2.75, 3.05) is 6.61 Å². The highest BCUT2D eigenvalue weighted by Gasteiger charge is 2.53. The van der Waals surface area contributed by atoms with E-state index in [1.807, 2.05) is 0 Å². The van der Waals surface area contributed by atoms with Crippen molar-refractivity contribution in [3.8, 4) is 5.75 Å². The van der Waals surface area contributed by atoms with Crippen LogP contribution in [-0.4, -0.2) is 39.7 Å². The van der Waals surface area contributed by atoms with Gasteiger partial charge in [-0.3, -0.25) is 20.3 Å².